The lowest BCUT2D eigenvalue weighted by molar-refractivity contribution is -0.132. The molecule has 8 heteroatoms. The summed E-state index contributed by atoms with van der Waals surface area (Å²) < 4.78 is 16.4. The van der Waals surface area contributed by atoms with Crippen LogP contribution >= 0.6 is 11.6 Å². The summed E-state index contributed by atoms with van der Waals surface area (Å²) in [5.41, 5.74) is 3.53. The maximum atomic E-state index is 13.6. The van der Waals surface area contributed by atoms with Crippen molar-refractivity contribution in [3.63, 3.8) is 0 Å². The first-order chi connectivity index (χ1) is 17.6. The quantitative estimate of drug-likeness (QED) is 0.246. The molecule has 1 aliphatic rings. The Balaban J connectivity index is 2.06. The minimum atomic E-state index is -0.970. The van der Waals surface area contributed by atoms with E-state index in [0.717, 1.165) is 11.1 Å². The van der Waals surface area contributed by atoms with E-state index < -0.39 is 17.7 Å². The van der Waals surface area contributed by atoms with E-state index >= 15 is 0 Å². The summed E-state index contributed by atoms with van der Waals surface area (Å²) in [6, 6.07) is 12.9. The van der Waals surface area contributed by atoms with E-state index in [1.54, 1.807) is 49.4 Å². The first-order valence-corrected chi connectivity index (χ1v) is 12.0. The topological polar surface area (TPSA) is 85.3 Å². The van der Waals surface area contributed by atoms with Gasteiger partial charge in [0.15, 0.2) is 11.5 Å². The highest BCUT2D eigenvalue weighted by Crippen LogP contribution is 2.46. The summed E-state index contributed by atoms with van der Waals surface area (Å²) in [6.07, 6.45) is 0. The summed E-state index contributed by atoms with van der Waals surface area (Å²) in [6.45, 7) is 5.50. The molecule has 3 aromatic carbocycles. The van der Waals surface area contributed by atoms with Crippen LogP contribution in [0, 0.1) is 20.8 Å². The number of halogens is 1. The van der Waals surface area contributed by atoms with Crippen LogP contribution in [0.5, 0.6) is 17.2 Å². The Kier molecular flexibility index (Phi) is 7.18. The molecule has 0 saturated carbocycles. The van der Waals surface area contributed by atoms with Gasteiger partial charge in [0.2, 0.25) is 0 Å². The number of Topliss-reactive ketones (excluding diaryl/α,β-unsaturated/α-hetero) is 1. The standard InChI is InChI=1S/C29H28ClNO6/c1-15-12-16(2)28(37-6)19(13-15)26(32)24-25(18-10-11-22(35-4)23(14-18)36-5)31(29(34)27(24)33)21-9-7-8-20(30)17(21)3/h7-14,25,32H,1-6H3/b26-24+. The number of nitrogens with zero attached hydrogens (tertiary/aromatic N) is 1. The minimum absolute atomic E-state index is 0.0695. The molecule has 0 aromatic heterocycles. The number of hydrogen-bond donors (Lipinski definition) is 1. The molecule has 1 heterocycles. The zero-order valence-corrected chi connectivity index (χ0v) is 22.3. The highest BCUT2D eigenvalue weighted by molar-refractivity contribution is 6.52. The van der Waals surface area contributed by atoms with Gasteiger partial charge in [0.25, 0.3) is 11.7 Å². The fraction of sp³-hybridized carbons (Fsp3) is 0.241. The van der Waals surface area contributed by atoms with Crippen molar-refractivity contribution >= 4 is 34.7 Å². The third-order valence-electron chi connectivity index (χ3n) is 6.54. The number of methoxy groups -OCH3 is 3. The molecule has 1 fully saturated rings. The molecule has 1 aliphatic heterocycles. The number of aliphatic hydroxyl groups is 1. The van der Waals surface area contributed by atoms with E-state index in [0.29, 0.717) is 44.6 Å². The highest BCUT2D eigenvalue weighted by Gasteiger charge is 2.48. The van der Waals surface area contributed by atoms with E-state index in [1.165, 1.54) is 26.2 Å². The maximum Gasteiger partial charge on any atom is 0.300 e. The zero-order valence-electron chi connectivity index (χ0n) is 21.5. The first-order valence-electron chi connectivity index (χ1n) is 11.6. The molecule has 1 amide bonds. The lowest BCUT2D eigenvalue weighted by Gasteiger charge is -2.27. The molecule has 192 valence electrons. The molecule has 3 aromatic rings. The first kappa shape index (κ1) is 26.1. The van der Waals surface area contributed by atoms with Gasteiger partial charge in [-0.3, -0.25) is 14.5 Å². The van der Waals surface area contributed by atoms with Crippen molar-refractivity contribution in [1.29, 1.82) is 0 Å². The number of benzene rings is 3. The predicted molar refractivity (Wildman–Crippen MR) is 143 cm³/mol. The van der Waals surface area contributed by atoms with Gasteiger partial charge in [-0.1, -0.05) is 29.8 Å². The second-order valence-corrected chi connectivity index (χ2v) is 9.24. The van der Waals surface area contributed by atoms with Crippen LogP contribution < -0.4 is 19.1 Å². The number of rotatable bonds is 6. The molecule has 37 heavy (non-hydrogen) atoms. The summed E-state index contributed by atoms with van der Waals surface area (Å²) in [5.74, 6) is -0.619. The number of ether oxygens (including phenoxy) is 3. The monoisotopic (exact) mass is 521 g/mol. The largest absolute Gasteiger partial charge is 0.507 e. The summed E-state index contributed by atoms with van der Waals surface area (Å²) in [5, 5.41) is 12.1. The van der Waals surface area contributed by atoms with Gasteiger partial charge < -0.3 is 19.3 Å². The molecule has 1 N–H and O–H groups in total. The Morgan fingerprint density at radius 1 is 0.919 bits per heavy atom. The molecule has 1 saturated heterocycles. The van der Waals surface area contributed by atoms with Crippen LogP contribution in [-0.4, -0.2) is 38.1 Å². The summed E-state index contributed by atoms with van der Waals surface area (Å²) >= 11 is 6.39. The molecular formula is C29H28ClNO6. The van der Waals surface area contributed by atoms with Gasteiger partial charge in [0.05, 0.1) is 38.5 Å². The fourth-order valence-electron chi connectivity index (χ4n) is 4.82. The van der Waals surface area contributed by atoms with Gasteiger partial charge in [-0.2, -0.15) is 0 Å². The van der Waals surface area contributed by atoms with Crippen LogP contribution in [0.25, 0.3) is 5.76 Å². The van der Waals surface area contributed by atoms with Gasteiger partial charge in [0, 0.05) is 10.7 Å². The number of carbonyl (C=O) groups is 2. The Labute approximate surface area is 220 Å². The van der Waals surface area contributed by atoms with Crippen molar-refractivity contribution < 1.29 is 28.9 Å². The van der Waals surface area contributed by atoms with Crippen molar-refractivity contribution in [3.8, 4) is 17.2 Å². The summed E-state index contributed by atoms with van der Waals surface area (Å²) in [7, 11) is 4.51. The molecule has 0 radical (unpaired) electrons. The molecular weight excluding hydrogens is 494 g/mol. The van der Waals surface area contributed by atoms with Crippen LogP contribution in [0.2, 0.25) is 5.02 Å². The Morgan fingerprint density at radius 3 is 2.27 bits per heavy atom. The van der Waals surface area contributed by atoms with Crippen LogP contribution in [0.4, 0.5) is 5.69 Å². The molecule has 1 unspecified atom stereocenters. The Morgan fingerprint density at radius 2 is 1.62 bits per heavy atom. The van der Waals surface area contributed by atoms with E-state index in [4.69, 9.17) is 25.8 Å². The van der Waals surface area contributed by atoms with Gasteiger partial charge in [0.1, 0.15) is 11.5 Å². The number of aliphatic hydroxyl groups excluding tert-OH is 1. The van der Waals surface area contributed by atoms with Crippen LogP contribution in [0.1, 0.15) is 33.9 Å². The average molecular weight is 522 g/mol. The number of amides is 1. The minimum Gasteiger partial charge on any atom is -0.507 e. The SMILES string of the molecule is COc1ccc(C2/C(=C(\O)c3cc(C)cc(C)c3OC)C(=O)C(=O)N2c2cccc(Cl)c2C)cc1OC. The molecule has 0 spiro atoms. The van der Waals surface area contributed by atoms with Crippen molar-refractivity contribution in [2.75, 3.05) is 26.2 Å². The molecule has 4 rings (SSSR count). The smallest absolute Gasteiger partial charge is 0.300 e. The van der Waals surface area contributed by atoms with Crippen molar-refractivity contribution in [2.45, 2.75) is 26.8 Å². The van der Waals surface area contributed by atoms with E-state index in [2.05, 4.69) is 0 Å². The molecule has 0 bridgehead atoms. The fourth-order valence-corrected chi connectivity index (χ4v) is 4.99. The third kappa shape index (κ3) is 4.40. The van der Waals surface area contributed by atoms with E-state index in [1.807, 2.05) is 19.9 Å². The lowest BCUT2D eigenvalue weighted by atomic mass is 9.93. The van der Waals surface area contributed by atoms with Crippen LogP contribution in [0.3, 0.4) is 0 Å². The van der Waals surface area contributed by atoms with E-state index in [9.17, 15) is 14.7 Å². The highest BCUT2D eigenvalue weighted by atomic mass is 35.5. The number of hydrogen-bond acceptors (Lipinski definition) is 6. The lowest BCUT2D eigenvalue weighted by Crippen LogP contribution is -2.30. The number of carbonyl (C=O) groups excluding carboxylic acids is 2. The van der Waals surface area contributed by atoms with Gasteiger partial charge >= 0.3 is 0 Å². The number of aryl methyl sites for hydroxylation is 2. The van der Waals surface area contributed by atoms with Crippen molar-refractivity contribution in [2.24, 2.45) is 0 Å². The average Bonchev–Trinajstić information content (AvgIpc) is 3.14. The molecule has 1 atom stereocenters. The molecule has 7 nitrogen and oxygen atoms in total. The van der Waals surface area contributed by atoms with Gasteiger partial charge in [-0.05, 0) is 73.4 Å². The third-order valence-corrected chi connectivity index (χ3v) is 6.95. The number of anilines is 1. The van der Waals surface area contributed by atoms with Gasteiger partial charge in [-0.25, -0.2) is 0 Å². The van der Waals surface area contributed by atoms with E-state index in [-0.39, 0.29) is 11.3 Å². The normalized spacial score (nSPS) is 16.7. The number of ketones is 1. The van der Waals surface area contributed by atoms with Gasteiger partial charge in [-0.15, -0.1) is 0 Å². The van der Waals surface area contributed by atoms with Crippen molar-refractivity contribution in [1.82, 2.24) is 0 Å². The van der Waals surface area contributed by atoms with Crippen molar-refractivity contribution in [3.05, 3.63) is 86.9 Å². The second-order valence-electron chi connectivity index (χ2n) is 8.83. The maximum absolute atomic E-state index is 13.6. The summed E-state index contributed by atoms with van der Waals surface area (Å²) in [4.78, 5) is 28.5. The predicted octanol–water partition coefficient (Wildman–Crippen LogP) is 5.92. The Bertz CT molecular complexity index is 1440. The Hall–Kier alpha value is -3.97. The zero-order chi connectivity index (χ0) is 27.0. The van der Waals surface area contributed by atoms with Crippen LogP contribution in [-0.2, 0) is 9.59 Å². The second kappa shape index (κ2) is 10.2. The molecule has 0 aliphatic carbocycles. The van der Waals surface area contributed by atoms with Crippen LogP contribution in [0.15, 0.2) is 54.1 Å².